The first-order chi connectivity index (χ1) is 24.6. The van der Waals surface area contributed by atoms with Gasteiger partial charge in [0.25, 0.3) is 5.91 Å². The minimum Gasteiger partial charge on any atom is -0.534 e. The zero-order valence-electron chi connectivity index (χ0n) is 28.8. The van der Waals surface area contributed by atoms with Gasteiger partial charge in [-0.25, -0.2) is 4.98 Å². The average molecular weight is 777 g/mol. The summed E-state index contributed by atoms with van der Waals surface area (Å²) in [7, 11) is -2.84. The first kappa shape index (κ1) is 34.8. The lowest BCUT2D eigenvalue weighted by atomic mass is 10.1. The van der Waals surface area contributed by atoms with E-state index >= 15 is 0 Å². The van der Waals surface area contributed by atoms with Crippen LogP contribution in [0.3, 0.4) is 0 Å². The van der Waals surface area contributed by atoms with Crippen molar-refractivity contribution < 1.29 is 14.0 Å². The average Bonchev–Trinajstić information content (AvgIpc) is 3.76. The fraction of sp³-hybridized carbons (Fsp3) is 0.250. The number of carbonyl (C=O) groups is 2. The summed E-state index contributed by atoms with van der Waals surface area (Å²) < 4.78 is 10.1. The number of carbonyl (C=O) groups excluding carboxylic acids is 2. The van der Waals surface area contributed by atoms with Gasteiger partial charge in [0.2, 0.25) is 5.91 Å². The van der Waals surface area contributed by atoms with Crippen LogP contribution in [0, 0.1) is 11.3 Å². The van der Waals surface area contributed by atoms with E-state index in [0.29, 0.717) is 30.9 Å². The van der Waals surface area contributed by atoms with Crippen LogP contribution in [0.1, 0.15) is 54.0 Å². The monoisotopic (exact) mass is 775 g/mol. The number of piperazine rings is 1. The molecule has 51 heavy (non-hydrogen) atoms. The van der Waals surface area contributed by atoms with E-state index in [1.807, 2.05) is 51.9 Å². The molecule has 0 N–H and O–H groups in total. The Morgan fingerprint density at radius 3 is 2.25 bits per heavy atom. The Bertz CT molecular complexity index is 2070. The highest BCUT2D eigenvalue weighted by Gasteiger charge is 2.52. The number of nitrogens with zero attached hydrogens (tertiary/aromatic N) is 5. The fourth-order valence-electron chi connectivity index (χ4n) is 7.14. The number of nitriles is 1. The third-order valence-corrected chi connectivity index (χ3v) is 16.5. The smallest absolute Gasteiger partial charge is 0.319 e. The van der Waals surface area contributed by atoms with Crippen LogP contribution in [0.15, 0.2) is 119 Å². The van der Waals surface area contributed by atoms with Crippen molar-refractivity contribution in [2.45, 2.75) is 43.6 Å². The number of aromatic nitrogens is 2. The molecule has 11 heteroatoms. The van der Waals surface area contributed by atoms with Crippen LogP contribution in [0.5, 0.6) is 5.75 Å². The Kier molecular flexibility index (Phi) is 9.67. The van der Waals surface area contributed by atoms with E-state index in [1.165, 1.54) is 10.4 Å². The van der Waals surface area contributed by atoms with Gasteiger partial charge in [-0.1, -0.05) is 121 Å². The topological polar surface area (TPSA) is 91.5 Å². The first-order valence-corrected chi connectivity index (χ1v) is 20.6. The van der Waals surface area contributed by atoms with E-state index in [1.54, 1.807) is 35.0 Å². The third kappa shape index (κ3) is 6.64. The predicted octanol–water partition coefficient (Wildman–Crippen LogP) is 6.64. The Labute approximate surface area is 312 Å². The number of fused-ring (bicyclic) bond motifs is 1. The molecule has 1 aromatic heterocycles. The summed E-state index contributed by atoms with van der Waals surface area (Å²) in [5, 5.41) is 12.2. The molecule has 2 aliphatic rings. The van der Waals surface area contributed by atoms with Crippen molar-refractivity contribution in [3.8, 4) is 11.8 Å². The highest BCUT2D eigenvalue weighted by Crippen LogP contribution is 2.40. The van der Waals surface area contributed by atoms with Crippen LogP contribution in [0.2, 0.25) is 5.04 Å². The lowest BCUT2D eigenvalue weighted by molar-refractivity contribution is -0.135. The maximum Gasteiger partial charge on any atom is 0.319 e. The Balaban J connectivity index is 1.09. The molecule has 4 aromatic carbocycles. The van der Waals surface area contributed by atoms with Crippen molar-refractivity contribution in [2.75, 3.05) is 25.4 Å². The van der Waals surface area contributed by atoms with Gasteiger partial charge in [0.1, 0.15) is 18.0 Å². The van der Waals surface area contributed by atoms with E-state index in [-0.39, 0.29) is 29.4 Å². The van der Waals surface area contributed by atoms with E-state index in [9.17, 15) is 14.9 Å². The first-order valence-electron chi connectivity index (χ1n) is 16.9. The van der Waals surface area contributed by atoms with Crippen molar-refractivity contribution in [3.63, 3.8) is 0 Å². The molecule has 2 aliphatic heterocycles. The van der Waals surface area contributed by atoms with Crippen molar-refractivity contribution in [1.82, 2.24) is 19.4 Å². The number of hydrogen-bond acceptors (Lipinski definition) is 6. The normalized spacial score (nSPS) is 16.1. The van der Waals surface area contributed by atoms with Gasteiger partial charge >= 0.3 is 8.32 Å². The minimum absolute atomic E-state index is 0.0100. The maximum atomic E-state index is 13.9. The van der Waals surface area contributed by atoms with Crippen LogP contribution in [-0.2, 0) is 11.3 Å². The second-order valence-electron chi connectivity index (χ2n) is 13.9. The standard InChI is InChI=1S/C40H38BrN5O3SSi/c1-40(2,3)51(32-10-6-4-7-11-32,33-12-8-5-9-13-33)49-31-18-19-34(41)30(22-31)25-44-20-21-45(26-37(44)47)38(48)35-24-43-39-46(35)36(27-50-39)29-16-14-28(23-42)15-17-29/h4-19,22,24,36H,20-21,25-27H2,1-3H3. The molecule has 8 nitrogen and oxygen atoms in total. The Morgan fingerprint density at radius 1 is 0.980 bits per heavy atom. The SMILES string of the molecule is CC(C)(C)[Si](Oc1ccc(Br)c(CN2CCN(C(=O)c3cnc4n3C(c3ccc(C#N)cc3)CS4)CC2=O)c1)(c1ccccc1)c1ccccc1. The number of imidazole rings is 1. The van der Waals surface area contributed by atoms with Gasteiger partial charge in [0.05, 0.1) is 23.9 Å². The van der Waals surface area contributed by atoms with E-state index in [4.69, 9.17) is 4.43 Å². The zero-order chi connectivity index (χ0) is 35.8. The molecule has 1 saturated heterocycles. The van der Waals surface area contributed by atoms with Gasteiger partial charge in [0.15, 0.2) is 5.16 Å². The van der Waals surface area contributed by atoms with E-state index < -0.39 is 8.32 Å². The largest absolute Gasteiger partial charge is 0.534 e. The summed E-state index contributed by atoms with van der Waals surface area (Å²) in [6.07, 6.45) is 1.62. The Hall–Kier alpha value is -4.63. The summed E-state index contributed by atoms with van der Waals surface area (Å²) >= 11 is 5.34. The second kappa shape index (κ2) is 14.2. The molecular formula is C40H38BrN5O3SSi. The third-order valence-electron chi connectivity index (χ3n) is 9.76. The molecular weight excluding hydrogens is 739 g/mol. The number of amides is 2. The number of halogens is 1. The molecule has 0 bridgehead atoms. The molecule has 1 atom stereocenters. The predicted molar refractivity (Wildman–Crippen MR) is 206 cm³/mol. The molecule has 0 radical (unpaired) electrons. The highest BCUT2D eigenvalue weighted by molar-refractivity contribution is 9.10. The molecule has 5 aromatic rings. The summed E-state index contributed by atoms with van der Waals surface area (Å²) in [5.74, 6) is 1.19. The molecule has 7 rings (SSSR count). The Morgan fingerprint density at radius 2 is 1.65 bits per heavy atom. The van der Waals surface area contributed by atoms with Crippen molar-refractivity contribution in [1.29, 1.82) is 5.26 Å². The van der Waals surface area contributed by atoms with Crippen LogP contribution < -0.4 is 14.8 Å². The molecule has 0 aliphatic carbocycles. The van der Waals surface area contributed by atoms with Crippen LogP contribution in [-0.4, -0.2) is 64.9 Å². The van der Waals surface area contributed by atoms with Gasteiger partial charge in [-0.15, -0.1) is 0 Å². The van der Waals surface area contributed by atoms with Gasteiger partial charge in [0, 0.05) is 29.9 Å². The molecule has 1 unspecified atom stereocenters. The molecule has 0 spiro atoms. The second-order valence-corrected chi connectivity index (χ2v) is 20.0. The van der Waals surface area contributed by atoms with Gasteiger partial charge in [-0.2, -0.15) is 5.26 Å². The number of thioether (sulfide) groups is 1. The van der Waals surface area contributed by atoms with E-state index in [0.717, 1.165) is 32.3 Å². The van der Waals surface area contributed by atoms with Crippen LogP contribution in [0.25, 0.3) is 0 Å². The molecule has 2 amide bonds. The highest BCUT2D eigenvalue weighted by atomic mass is 79.9. The quantitative estimate of drug-likeness (QED) is 0.164. The maximum absolute atomic E-state index is 13.9. The molecule has 1 fully saturated rings. The van der Waals surface area contributed by atoms with Crippen LogP contribution >= 0.6 is 27.7 Å². The van der Waals surface area contributed by atoms with Crippen molar-refractivity contribution >= 4 is 58.2 Å². The summed E-state index contributed by atoms with van der Waals surface area (Å²) in [6, 6.07) is 36.6. The number of benzene rings is 4. The zero-order valence-corrected chi connectivity index (χ0v) is 32.2. The van der Waals surface area contributed by atoms with E-state index in [2.05, 4.69) is 96.3 Å². The molecule has 0 saturated carbocycles. The molecule has 258 valence electrons. The number of hydrogen-bond donors (Lipinski definition) is 0. The van der Waals surface area contributed by atoms with Crippen LogP contribution in [0.4, 0.5) is 0 Å². The van der Waals surface area contributed by atoms with Gasteiger partial charge < -0.3 is 18.8 Å². The number of rotatable bonds is 8. The van der Waals surface area contributed by atoms with Gasteiger partial charge in [-0.3, -0.25) is 9.59 Å². The summed E-state index contributed by atoms with van der Waals surface area (Å²) in [4.78, 5) is 35.5. The molecule has 3 heterocycles. The minimum atomic E-state index is -2.84. The lowest BCUT2D eigenvalue weighted by Crippen LogP contribution is -2.68. The van der Waals surface area contributed by atoms with Crippen molar-refractivity contribution in [2.24, 2.45) is 0 Å². The summed E-state index contributed by atoms with van der Waals surface area (Å²) in [5.41, 5.74) is 3.02. The summed E-state index contributed by atoms with van der Waals surface area (Å²) in [6.45, 7) is 7.96. The van der Waals surface area contributed by atoms with Crippen molar-refractivity contribution in [3.05, 3.63) is 136 Å². The fourth-order valence-corrected chi connectivity index (χ4v) is 13.1. The lowest BCUT2D eigenvalue weighted by Gasteiger charge is -2.43. The van der Waals surface area contributed by atoms with Gasteiger partial charge in [-0.05, 0) is 56.9 Å².